The third kappa shape index (κ3) is 3.30. The summed E-state index contributed by atoms with van der Waals surface area (Å²) in [5.41, 5.74) is 6.86. The van der Waals surface area contributed by atoms with Crippen LogP contribution in [-0.2, 0) is 12.8 Å². The monoisotopic (exact) mass is 247 g/mol. The summed E-state index contributed by atoms with van der Waals surface area (Å²) >= 11 is 0. The largest absolute Gasteiger partial charge is 0.508 e. The first kappa shape index (κ1) is 12.6. The van der Waals surface area contributed by atoms with E-state index in [0.717, 1.165) is 12.0 Å². The second-order valence-electron chi connectivity index (χ2n) is 4.32. The van der Waals surface area contributed by atoms with E-state index in [9.17, 15) is 5.11 Å². The second kappa shape index (κ2) is 5.64. The van der Waals surface area contributed by atoms with Crippen molar-refractivity contribution in [3.63, 3.8) is 0 Å². The highest BCUT2D eigenvalue weighted by atomic mass is 16.5. The molecule has 1 atom stereocenters. The van der Waals surface area contributed by atoms with Crippen LogP contribution in [0.2, 0.25) is 0 Å². The normalized spacial score (nSPS) is 12.6. The maximum absolute atomic E-state index is 9.19. The number of benzene rings is 1. The molecule has 5 nitrogen and oxygen atoms in total. The number of rotatable bonds is 5. The van der Waals surface area contributed by atoms with Crippen molar-refractivity contribution in [1.29, 1.82) is 0 Å². The minimum Gasteiger partial charge on any atom is -0.508 e. The summed E-state index contributed by atoms with van der Waals surface area (Å²) in [4.78, 5) is 4.30. The number of nitrogens with two attached hydrogens (primary N) is 1. The van der Waals surface area contributed by atoms with Gasteiger partial charge in [0.25, 0.3) is 0 Å². The summed E-state index contributed by atoms with van der Waals surface area (Å²) in [6.07, 6.45) is 2.08. The van der Waals surface area contributed by atoms with Crippen LogP contribution in [0.1, 0.15) is 30.6 Å². The van der Waals surface area contributed by atoms with Crippen LogP contribution < -0.4 is 5.73 Å². The molecule has 96 valence electrons. The first-order chi connectivity index (χ1) is 8.67. The molecule has 0 amide bonds. The fraction of sp³-hybridized carbons (Fsp3) is 0.385. The average molecular weight is 247 g/mol. The zero-order chi connectivity index (χ0) is 13.0. The first-order valence-corrected chi connectivity index (χ1v) is 6.02. The van der Waals surface area contributed by atoms with Gasteiger partial charge in [-0.1, -0.05) is 24.2 Å². The van der Waals surface area contributed by atoms with Gasteiger partial charge in [-0.25, -0.2) is 0 Å². The van der Waals surface area contributed by atoms with Crippen molar-refractivity contribution in [3.05, 3.63) is 41.5 Å². The van der Waals surface area contributed by atoms with Gasteiger partial charge in [-0.05, 0) is 24.1 Å². The highest BCUT2D eigenvalue weighted by Crippen LogP contribution is 2.12. The Bertz CT molecular complexity index is 493. The number of nitrogens with zero attached hydrogens (tertiary/aromatic N) is 2. The Hall–Kier alpha value is -1.88. The molecule has 0 saturated heterocycles. The topological polar surface area (TPSA) is 85.2 Å². The van der Waals surface area contributed by atoms with Crippen molar-refractivity contribution in [3.8, 4) is 5.75 Å². The van der Waals surface area contributed by atoms with Gasteiger partial charge in [-0.15, -0.1) is 0 Å². The molecule has 0 aliphatic heterocycles. The molecule has 1 aromatic carbocycles. The van der Waals surface area contributed by atoms with Crippen LogP contribution in [0.3, 0.4) is 0 Å². The van der Waals surface area contributed by atoms with Crippen molar-refractivity contribution in [2.24, 2.45) is 5.73 Å². The van der Waals surface area contributed by atoms with Gasteiger partial charge < -0.3 is 15.4 Å². The Labute approximate surface area is 106 Å². The van der Waals surface area contributed by atoms with E-state index in [2.05, 4.69) is 10.1 Å². The molecule has 3 N–H and O–H groups in total. The third-order valence-corrected chi connectivity index (χ3v) is 2.77. The van der Waals surface area contributed by atoms with Crippen molar-refractivity contribution in [1.82, 2.24) is 10.1 Å². The van der Waals surface area contributed by atoms with Crippen LogP contribution in [0, 0.1) is 0 Å². The summed E-state index contributed by atoms with van der Waals surface area (Å²) in [5, 5.41) is 13.1. The molecule has 2 rings (SSSR count). The summed E-state index contributed by atoms with van der Waals surface area (Å²) in [6, 6.07) is 7.02. The molecule has 0 radical (unpaired) electrons. The fourth-order valence-corrected chi connectivity index (χ4v) is 1.61. The van der Waals surface area contributed by atoms with E-state index in [1.165, 1.54) is 0 Å². The molecule has 18 heavy (non-hydrogen) atoms. The Balaban J connectivity index is 2.00. The van der Waals surface area contributed by atoms with E-state index in [-0.39, 0.29) is 11.8 Å². The predicted octanol–water partition coefficient (Wildman–Crippen LogP) is 1.65. The second-order valence-corrected chi connectivity index (χ2v) is 4.32. The molecule has 1 heterocycles. The van der Waals surface area contributed by atoms with Crippen LogP contribution in [-0.4, -0.2) is 21.3 Å². The smallest absolute Gasteiger partial charge is 0.228 e. The lowest BCUT2D eigenvalue weighted by Gasteiger charge is -2.02. The zero-order valence-electron chi connectivity index (χ0n) is 10.3. The summed E-state index contributed by atoms with van der Waals surface area (Å²) < 4.78 is 5.14. The van der Waals surface area contributed by atoms with Crippen LogP contribution in [0.4, 0.5) is 0 Å². The number of hydrogen-bond donors (Lipinski definition) is 2. The van der Waals surface area contributed by atoms with E-state index in [4.69, 9.17) is 10.3 Å². The molecule has 0 aliphatic carbocycles. The van der Waals surface area contributed by atoms with Gasteiger partial charge in [0.05, 0.1) is 0 Å². The molecule has 0 aliphatic rings. The van der Waals surface area contributed by atoms with Gasteiger partial charge >= 0.3 is 0 Å². The minimum atomic E-state index is 0.0620. The first-order valence-electron chi connectivity index (χ1n) is 6.02. The van der Waals surface area contributed by atoms with Crippen molar-refractivity contribution in [2.75, 3.05) is 0 Å². The van der Waals surface area contributed by atoms with Crippen molar-refractivity contribution >= 4 is 0 Å². The zero-order valence-corrected chi connectivity index (χ0v) is 10.3. The number of hydrogen-bond acceptors (Lipinski definition) is 5. The van der Waals surface area contributed by atoms with Crippen LogP contribution >= 0.6 is 0 Å². The van der Waals surface area contributed by atoms with Gasteiger partial charge in [-0.2, -0.15) is 4.98 Å². The highest BCUT2D eigenvalue weighted by molar-refractivity contribution is 5.27. The predicted molar refractivity (Wildman–Crippen MR) is 67.2 cm³/mol. The van der Waals surface area contributed by atoms with Crippen LogP contribution in [0.25, 0.3) is 0 Å². The van der Waals surface area contributed by atoms with Crippen molar-refractivity contribution < 1.29 is 9.63 Å². The standard InChI is InChI=1S/C13H17N3O2/c1-2-10(14)8-13-15-12(16-18-13)7-9-3-5-11(17)6-4-9/h3-6,10,17H,2,7-8,14H2,1H3. The lowest BCUT2D eigenvalue weighted by molar-refractivity contribution is 0.363. The molecule has 2 aromatic rings. The van der Waals surface area contributed by atoms with Crippen molar-refractivity contribution in [2.45, 2.75) is 32.2 Å². The molecule has 5 heteroatoms. The molecule has 1 aromatic heterocycles. The summed E-state index contributed by atoms with van der Waals surface area (Å²) in [7, 11) is 0. The molecule has 0 fully saturated rings. The highest BCUT2D eigenvalue weighted by Gasteiger charge is 2.10. The van der Waals surface area contributed by atoms with Gasteiger partial charge in [0.2, 0.25) is 5.89 Å². The number of phenols is 1. The summed E-state index contributed by atoms with van der Waals surface area (Å²) in [6.45, 7) is 2.03. The van der Waals surface area contributed by atoms with E-state index >= 15 is 0 Å². The van der Waals surface area contributed by atoms with E-state index < -0.39 is 0 Å². The van der Waals surface area contributed by atoms with Gasteiger partial charge in [-0.3, -0.25) is 0 Å². The Morgan fingerprint density at radius 2 is 2.06 bits per heavy atom. The number of aromatic nitrogens is 2. The Morgan fingerprint density at radius 3 is 2.72 bits per heavy atom. The van der Waals surface area contributed by atoms with Gasteiger partial charge in [0.1, 0.15) is 5.75 Å². The van der Waals surface area contributed by atoms with Gasteiger partial charge in [0.15, 0.2) is 5.82 Å². The van der Waals surface area contributed by atoms with Crippen LogP contribution in [0.5, 0.6) is 5.75 Å². The minimum absolute atomic E-state index is 0.0620. The summed E-state index contributed by atoms with van der Waals surface area (Å²) in [5.74, 6) is 1.47. The molecule has 0 bridgehead atoms. The SMILES string of the molecule is CCC(N)Cc1nc(Cc2ccc(O)cc2)no1. The fourth-order valence-electron chi connectivity index (χ4n) is 1.61. The van der Waals surface area contributed by atoms with E-state index in [1.807, 2.05) is 19.1 Å². The molecule has 0 saturated carbocycles. The molecule has 0 spiro atoms. The Kier molecular flexibility index (Phi) is 3.94. The maximum atomic E-state index is 9.19. The lowest BCUT2D eigenvalue weighted by Crippen LogP contribution is -2.21. The molecular weight excluding hydrogens is 230 g/mol. The lowest BCUT2D eigenvalue weighted by atomic mass is 10.1. The third-order valence-electron chi connectivity index (χ3n) is 2.77. The average Bonchev–Trinajstić information content (AvgIpc) is 2.79. The Morgan fingerprint density at radius 1 is 1.33 bits per heavy atom. The maximum Gasteiger partial charge on any atom is 0.228 e. The van der Waals surface area contributed by atoms with E-state index in [0.29, 0.717) is 24.6 Å². The molecule has 1 unspecified atom stereocenters. The van der Waals surface area contributed by atoms with Gasteiger partial charge in [0, 0.05) is 18.9 Å². The van der Waals surface area contributed by atoms with Crippen LogP contribution in [0.15, 0.2) is 28.8 Å². The number of phenolic OH excluding ortho intramolecular Hbond substituents is 1. The number of aromatic hydroxyl groups is 1. The van der Waals surface area contributed by atoms with E-state index in [1.54, 1.807) is 12.1 Å². The molecular formula is C13H17N3O2. The quantitative estimate of drug-likeness (QED) is 0.839.